The number of fused-ring (bicyclic) bond motifs is 1. The first-order valence-electron chi connectivity index (χ1n) is 11.9. The average Bonchev–Trinajstić information content (AvgIpc) is 3.46. The fourth-order valence-corrected chi connectivity index (χ4v) is 5.57. The maximum absolute atomic E-state index is 12.8. The number of carbonyl (C=O) groups excluding carboxylic acids is 1. The van der Waals surface area contributed by atoms with Crippen LogP contribution >= 0.6 is 11.6 Å². The summed E-state index contributed by atoms with van der Waals surface area (Å²) in [5, 5.41) is 4.88. The molecule has 5 rings (SSSR count). The predicted octanol–water partition coefficient (Wildman–Crippen LogP) is 5.21. The van der Waals surface area contributed by atoms with E-state index in [1.54, 1.807) is 7.11 Å². The fourth-order valence-electron chi connectivity index (χ4n) is 5.39. The fraction of sp³-hybridized carbons (Fsp3) is 0.444. The lowest BCUT2D eigenvalue weighted by molar-refractivity contribution is 0.0932. The third-order valence-corrected chi connectivity index (χ3v) is 7.45. The number of amides is 1. The number of hydrogen-bond donors (Lipinski definition) is 2. The summed E-state index contributed by atoms with van der Waals surface area (Å²) in [6.07, 6.45) is 9.71. The molecule has 1 aliphatic heterocycles. The van der Waals surface area contributed by atoms with Gasteiger partial charge in [-0.3, -0.25) is 4.79 Å². The Balaban J connectivity index is 1.09. The number of carbonyl (C=O) groups is 1. The van der Waals surface area contributed by atoms with Gasteiger partial charge in [0.15, 0.2) is 5.76 Å². The number of halogens is 1. The number of piperidine rings is 1. The van der Waals surface area contributed by atoms with Crippen LogP contribution in [0.4, 0.5) is 0 Å². The van der Waals surface area contributed by atoms with Gasteiger partial charge in [-0.2, -0.15) is 0 Å². The minimum atomic E-state index is -0.0265. The third-order valence-electron chi connectivity index (χ3n) is 7.21. The highest BCUT2D eigenvalue weighted by atomic mass is 35.5. The summed E-state index contributed by atoms with van der Waals surface area (Å²) >= 11 is 6.07. The molecule has 2 heterocycles. The number of nitrogens with one attached hydrogen (secondary N) is 2. The van der Waals surface area contributed by atoms with Crippen molar-refractivity contribution in [2.75, 3.05) is 26.7 Å². The second-order valence-electron chi connectivity index (χ2n) is 9.45. The van der Waals surface area contributed by atoms with Crippen LogP contribution in [0.2, 0.25) is 5.02 Å². The number of benzene rings is 1. The Bertz CT molecular complexity index is 1180. The lowest BCUT2D eigenvalue weighted by atomic mass is 9.88. The van der Waals surface area contributed by atoms with E-state index in [0.29, 0.717) is 22.6 Å². The lowest BCUT2D eigenvalue weighted by Crippen LogP contribution is -2.38. The molecule has 0 spiro atoms. The van der Waals surface area contributed by atoms with Crippen LogP contribution in [-0.2, 0) is 4.74 Å². The standard InChI is InChI=1S/C27H30ClN3O2/c1-33-24-7-3-19(4-8-24)20-10-12-31(13-11-20)17-18-2-6-23(14-18)29-27(32)26-16-21-15-22(28)5-9-25(21)30-26/h3,5,7,9,15-16,18,20,23,30H,2,6,10-14,17H2,1H3,(H,29,32). The highest BCUT2D eigenvalue weighted by molar-refractivity contribution is 6.31. The zero-order chi connectivity index (χ0) is 22.8. The Morgan fingerprint density at radius 2 is 2.03 bits per heavy atom. The van der Waals surface area contributed by atoms with Gasteiger partial charge in [-0.25, -0.2) is 0 Å². The Kier molecular flexibility index (Phi) is 6.48. The van der Waals surface area contributed by atoms with Crippen LogP contribution in [0.15, 0.2) is 59.2 Å². The van der Waals surface area contributed by atoms with Gasteiger partial charge in [-0.15, -0.1) is 0 Å². The van der Waals surface area contributed by atoms with Crippen LogP contribution < -0.4 is 5.32 Å². The van der Waals surface area contributed by atoms with Crippen molar-refractivity contribution in [1.29, 1.82) is 0 Å². The van der Waals surface area contributed by atoms with E-state index in [0.717, 1.165) is 62.0 Å². The molecular weight excluding hydrogens is 434 g/mol. The summed E-state index contributed by atoms with van der Waals surface area (Å²) in [6.45, 7) is 3.37. The molecule has 1 aromatic heterocycles. The first kappa shape index (κ1) is 22.1. The highest BCUT2D eigenvalue weighted by Gasteiger charge is 2.30. The van der Waals surface area contributed by atoms with Gasteiger partial charge in [0.25, 0.3) is 5.91 Å². The maximum Gasteiger partial charge on any atom is 0.267 e. The lowest BCUT2D eigenvalue weighted by Gasteiger charge is -2.33. The molecule has 1 aromatic carbocycles. The van der Waals surface area contributed by atoms with Gasteiger partial charge in [-0.1, -0.05) is 17.3 Å². The van der Waals surface area contributed by atoms with E-state index in [1.165, 1.54) is 12.0 Å². The normalized spacial score (nSPS) is 23.6. The molecule has 2 unspecified atom stereocenters. The van der Waals surface area contributed by atoms with Gasteiger partial charge in [-0.05, 0) is 99.2 Å². The zero-order valence-corrected chi connectivity index (χ0v) is 19.8. The van der Waals surface area contributed by atoms with Crippen LogP contribution in [0, 0.1) is 11.8 Å². The predicted molar refractivity (Wildman–Crippen MR) is 131 cm³/mol. The van der Waals surface area contributed by atoms with Crippen LogP contribution in [0.3, 0.4) is 0 Å². The Morgan fingerprint density at radius 1 is 1.18 bits per heavy atom. The molecule has 2 fully saturated rings. The number of hydrogen-bond acceptors (Lipinski definition) is 3. The van der Waals surface area contributed by atoms with Crippen molar-refractivity contribution >= 4 is 28.4 Å². The Labute approximate surface area is 199 Å². The quantitative estimate of drug-likeness (QED) is 0.578. The molecule has 5 nitrogen and oxygen atoms in total. The number of nitrogens with zero attached hydrogens (tertiary/aromatic N) is 1. The number of H-pyrrole nitrogens is 1. The SMILES string of the molecule is COC1=C=C=C(C2CCN(CC3CCC(NC(=O)c4cc5cc(Cl)ccc5[nH]4)C3)CC2)C=C1. The molecule has 0 bridgehead atoms. The summed E-state index contributed by atoms with van der Waals surface area (Å²) < 4.78 is 5.20. The Hall–Kier alpha value is -2.68. The number of rotatable bonds is 6. The first-order valence-corrected chi connectivity index (χ1v) is 12.2. The van der Waals surface area contributed by atoms with E-state index in [-0.39, 0.29) is 11.9 Å². The summed E-state index contributed by atoms with van der Waals surface area (Å²) in [6, 6.07) is 7.75. The second-order valence-corrected chi connectivity index (χ2v) is 9.88. The summed E-state index contributed by atoms with van der Waals surface area (Å²) in [4.78, 5) is 18.6. The number of methoxy groups -OCH3 is 1. The highest BCUT2D eigenvalue weighted by Crippen LogP contribution is 2.31. The zero-order valence-electron chi connectivity index (χ0n) is 19.0. The number of allylic oxidation sites excluding steroid dienone is 3. The molecule has 33 heavy (non-hydrogen) atoms. The Morgan fingerprint density at radius 3 is 2.79 bits per heavy atom. The molecule has 1 saturated heterocycles. The molecular formula is C27H30ClN3O2. The van der Waals surface area contributed by atoms with Crippen molar-refractivity contribution < 1.29 is 9.53 Å². The van der Waals surface area contributed by atoms with Crippen molar-refractivity contribution in [2.24, 2.45) is 11.8 Å². The van der Waals surface area contributed by atoms with E-state index in [4.69, 9.17) is 16.3 Å². The molecule has 6 heteroatoms. The molecule has 2 atom stereocenters. The van der Waals surface area contributed by atoms with Crippen LogP contribution in [0.5, 0.6) is 0 Å². The number of aromatic amines is 1. The van der Waals surface area contributed by atoms with Gasteiger partial charge in [0.1, 0.15) is 5.69 Å². The summed E-state index contributed by atoms with van der Waals surface area (Å²) in [5.41, 5.74) is 9.15. The van der Waals surface area contributed by atoms with Gasteiger partial charge in [0.05, 0.1) is 7.11 Å². The topological polar surface area (TPSA) is 57.4 Å². The minimum absolute atomic E-state index is 0.0265. The second kappa shape index (κ2) is 9.67. The van der Waals surface area contributed by atoms with Gasteiger partial charge < -0.3 is 19.9 Å². The molecule has 3 aliphatic rings. The number of ether oxygens (including phenoxy) is 1. The molecule has 1 amide bonds. The van der Waals surface area contributed by atoms with Crippen LogP contribution in [-0.4, -0.2) is 48.6 Å². The molecule has 2 N–H and O–H groups in total. The first-order chi connectivity index (χ1) is 16.1. The largest absolute Gasteiger partial charge is 0.489 e. The van der Waals surface area contributed by atoms with Crippen molar-refractivity contribution in [3.8, 4) is 0 Å². The van der Waals surface area contributed by atoms with Gasteiger partial charge in [0.2, 0.25) is 0 Å². The summed E-state index contributed by atoms with van der Waals surface area (Å²) in [7, 11) is 1.66. The molecule has 2 aromatic rings. The monoisotopic (exact) mass is 463 g/mol. The van der Waals surface area contributed by atoms with E-state index in [9.17, 15) is 4.79 Å². The van der Waals surface area contributed by atoms with Crippen LogP contribution in [0.1, 0.15) is 42.6 Å². The van der Waals surface area contributed by atoms with Crippen molar-refractivity contribution in [3.05, 3.63) is 69.9 Å². The maximum atomic E-state index is 12.8. The minimum Gasteiger partial charge on any atom is -0.489 e. The average molecular weight is 464 g/mol. The van der Waals surface area contributed by atoms with Crippen molar-refractivity contribution in [2.45, 2.75) is 38.1 Å². The molecule has 1 saturated carbocycles. The number of likely N-dealkylation sites (tertiary alicyclic amines) is 1. The van der Waals surface area contributed by atoms with Crippen molar-refractivity contribution in [1.82, 2.24) is 15.2 Å². The third kappa shape index (κ3) is 5.13. The van der Waals surface area contributed by atoms with Crippen LogP contribution in [0.25, 0.3) is 10.9 Å². The molecule has 2 aliphatic carbocycles. The van der Waals surface area contributed by atoms with Crippen molar-refractivity contribution in [3.63, 3.8) is 0 Å². The van der Waals surface area contributed by atoms with Gasteiger partial charge >= 0.3 is 0 Å². The molecule has 172 valence electrons. The van der Waals surface area contributed by atoms with E-state index in [1.807, 2.05) is 30.3 Å². The van der Waals surface area contributed by atoms with E-state index in [2.05, 4.69) is 32.7 Å². The number of aromatic nitrogens is 1. The van der Waals surface area contributed by atoms with E-state index < -0.39 is 0 Å². The smallest absolute Gasteiger partial charge is 0.267 e. The summed E-state index contributed by atoms with van der Waals surface area (Å²) in [5.74, 6) is 1.92. The van der Waals surface area contributed by atoms with Gasteiger partial charge in [0, 0.05) is 34.1 Å². The molecule has 0 radical (unpaired) electrons. The van der Waals surface area contributed by atoms with E-state index >= 15 is 0 Å².